The Labute approximate surface area is 59.4 Å². The van der Waals surface area contributed by atoms with Crippen LogP contribution >= 0.6 is 0 Å². The van der Waals surface area contributed by atoms with Crippen molar-refractivity contribution in [3.8, 4) is 6.26 Å². The number of nitrogens with one attached hydrogen (secondary N) is 1. The van der Waals surface area contributed by atoms with Gasteiger partial charge in [-0.05, 0) is 0 Å². The molecule has 0 saturated carbocycles. The van der Waals surface area contributed by atoms with E-state index in [1.807, 2.05) is 0 Å². The normalized spacial score (nSPS) is 8.64. The predicted octanol–water partition coefficient (Wildman–Crippen LogP) is -2.16. The maximum absolute atomic E-state index is 10.6. The fraction of sp³-hybridized carbons (Fsp3) is 0. The van der Waals surface area contributed by atoms with Gasteiger partial charge in [0.1, 0.15) is 6.33 Å². The summed E-state index contributed by atoms with van der Waals surface area (Å²) in [6, 6.07) is 0. The highest BCUT2D eigenvalue weighted by Gasteiger charge is 1.94. The van der Waals surface area contributed by atoms with Crippen LogP contribution in [-0.2, 0) is 0 Å². The van der Waals surface area contributed by atoms with Crippen molar-refractivity contribution in [2.75, 3.05) is 0 Å². The van der Waals surface area contributed by atoms with Gasteiger partial charge >= 0.3 is 17.6 Å². The molecule has 0 bridgehead atoms. The first-order valence-electron chi connectivity index (χ1n) is 2.48. The van der Waals surface area contributed by atoms with E-state index in [1.54, 1.807) is 4.98 Å². The SMILES string of the molecule is N#COn1cnc(=O)[nH]c1=O. The molecule has 1 rings (SSSR count). The summed E-state index contributed by atoms with van der Waals surface area (Å²) in [5.41, 5.74) is -1.63. The Morgan fingerprint density at radius 2 is 2.45 bits per heavy atom. The Kier molecular flexibility index (Phi) is 1.69. The van der Waals surface area contributed by atoms with E-state index >= 15 is 0 Å². The van der Waals surface area contributed by atoms with E-state index in [9.17, 15) is 9.59 Å². The summed E-state index contributed by atoms with van der Waals surface area (Å²) >= 11 is 0. The van der Waals surface area contributed by atoms with E-state index in [4.69, 9.17) is 5.26 Å². The van der Waals surface area contributed by atoms with Gasteiger partial charge in [-0.15, -0.1) is 5.26 Å². The summed E-state index contributed by atoms with van der Waals surface area (Å²) < 4.78 is 0.501. The molecule has 0 aliphatic heterocycles. The molecule has 0 aliphatic carbocycles. The van der Waals surface area contributed by atoms with Crippen LogP contribution in [-0.4, -0.2) is 14.7 Å². The highest BCUT2D eigenvalue weighted by molar-refractivity contribution is 4.64. The summed E-state index contributed by atoms with van der Waals surface area (Å²) in [4.78, 5) is 29.9. The first-order chi connectivity index (χ1) is 5.24. The second kappa shape index (κ2) is 2.66. The topological polar surface area (TPSA) is 101 Å². The number of H-pyrrole nitrogens is 1. The maximum Gasteiger partial charge on any atom is 0.365 e. The lowest BCUT2D eigenvalue weighted by atomic mass is 11.0. The Bertz CT molecular complexity index is 397. The van der Waals surface area contributed by atoms with E-state index in [1.165, 1.54) is 6.26 Å². The third-order valence-electron chi connectivity index (χ3n) is 0.833. The summed E-state index contributed by atoms with van der Waals surface area (Å²) in [5, 5.41) is 7.96. The fourth-order valence-electron chi connectivity index (χ4n) is 0.445. The average molecular weight is 154 g/mol. The molecule has 0 radical (unpaired) electrons. The van der Waals surface area contributed by atoms with Crippen LogP contribution in [0.15, 0.2) is 15.9 Å². The number of aromatic amines is 1. The lowest BCUT2D eigenvalue weighted by Gasteiger charge is -1.93. The molecule has 1 aromatic rings. The molecule has 0 amide bonds. The zero-order valence-corrected chi connectivity index (χ0v) is 5.14. The molecule has 1 aromatic heterocycles. The highest BCUT2D eigenvalue weighted by Crippen LogP contribution is 1.60. The molecule has 0 unspecified atom stereocenters. The lowest BCUT2D eigenvalue weighted by molar-refractivity contribution is 0.209. The molecule has 7 nitrogen and oxygen atoms in total. The third-order valence-corrected chi connectivity index (χ3v) is 0.833. The second-order valence-corrected chi connectivity index (χ2v) is 1.49. The number of nitrogens with zero attached hydrogens (tertiary/aromatic N) is 3. The van der Waals surface area contributed by atoms with E-state index in [0.717, 1.165) is 6.33 Å². The molecular weight excluding hydrogens is 152 g/mol. The van der Waals surface area contributed by atoms with Crippen molar-refractivity contribution in [1.82, 2.24) is 14.7 Å². The van der Waals surface area contributed by atoms with Crippen molar-refractivity contribution in [2.45, 2.75) is 0 Å². The molecule has 1 heterocycles. The van der Waals surface area contributed by atoms with Crippen molar-refractivity contribution >= 4 is 0 Å². The van der Waals surface area contributed by atoms with Crippen LogP contribution in [0.25, 0.3) is 0 Å². The van der Waals surface area contributed by atoms with Gasteiger partial charge in [0.25, 0.3) is 0 Å². The summed E-state index contributed by atoms with van der Waals surface area (Å²) in [6.45, 7) is 0. The molecule has 11 heavy (non-hydrogen) atoms. The second-order valence-electron chi connectivity index (χ2n) is 1.49. The third kappa shape index (κ3) is 1.42. The minimum atomic E-state index is -0.841. The molecule has 1 N–H and O–H groups in total. The standard InChI is InChI=1S/C4H2N4O3/c5-1-11-8-2-6-3(9)7-4(8)10/h2H,(H,7,9,10). The lowest BCUT2D eigenvalue weighted by Crippen LogP contribution is -2.33. The minimum absolute atomic E-state index is 0.501. The monoisotopic (exact) mass is 154 g/mol. The number of rotatable bonds is 1. The Hall–Kier alpha value is -2.10. The molecule has 56 valence electrons. The van der Waals surface area contributed by atoms with E-state index in [0.29, 0.717) is 4.73 Å². The van der Waals surface area contributed by atoms with Crippen molar-refractivity contribution in [2.24, 2.45) is 0 Å². The van der Waals surface area contributed by atoms with Crippen molar-refractivity contribution < 1.29 is 4.84 Å². The van der Waals surface area contributed by atoms with Crippen LogP contribution in [0.4, 0.5) is 0 Å². The van der Waals surface area contributed by atoms with Gasteiger partial charge in [0, 0.05) is 0 Å². The fourth-order valence-corrected chi connectivity index (χ4v) is 0.445. The van der Waals surface area contributed by atoms with Crippen LogP contribution in [0.2, 0.25) is 0 Å². The Morgan fingerprint density at radius 1 is 1.73 bits per heavy atom. The van der Waals surface area contributed by atoms with Gasteiger partial charge in [0.15, 0.2) is 0 Å². The van der Waals surface area contributed by atoms with Crippen LogP contribution in [0.3, 0.4) is 0 Å². The van der Waals surface area contributed by atoms with Crippen molar-refractivity contribution in [3.05, 3.63) is 27.3 Å². The first-order valence-corrected chi connectivity index (χ1v) is 2.48. The van der Waals surface area contributed by atoms with Crippen LogP contribution in [0.5, 0.6) is 0 Å². The largest absolute Gasteiger partial charge is 0.365 e. The maximum atomic E-state index is 10.6. The number of aromatic nitrogens is 3. The summed E-state index contributed by atoms with van der Waals surface area (Å²) in [7, 11) is 0. The Morgan fingerprint density at radius 3 is 3.00 bits per heavy atom. The van der Waals surface area contributed by atoms with Crippen LogP contribution in [0, 0.1) is 11.5 Å². The molecule has 0 aromatic carbocycles. The van der Waals surface area contributed by atoms with Crippen LogP contribution in [0.1, 0.15) is 0 Å². The van der Waals surface area contributed by atoms with Crippen molar-refractivity contribution in [3.63, 3.8) is 0 Å². The summed E-state index contributed by atoms with van der Waals surface area (Å²) in [6.07, 6.45) is 2.06. The van der Waals surface area contributed by atoms with Crippen molar-refractivity contribution in [1.29, 1.82) is 5.26 Å². The summed E-state index contributed by atoms with van der Waals surface area (Å²) in [5.74, 6) is 0. The molecule has 0 atom stereocenters. The predicted molar refractivity (Wildman–Crippen MR) is 31.3 cm³/mol. The van der Waals surface area contributed by atoms with Gasteiger partial charge in [-0.2, -0.15) is 4.98 Å². The number of hydrogen-bond donors (Lipinski definition) is 1. The van der Waals surface area contributed by atoms with E-state index in [2.05, 4.69) is 9.82 Å². The smallest absolute Gasteiger partial charge is 0.289 e. The average Bonchev–Trinajstić information content (AvgIpc) is 1.95. The van der Waals surface area contributed by atoms with Crippen LogP contribution < -0.4 is 16.2 Å². The quantitative estimate of drug-likeness (QED) is 0.464. The highest BCUT2D eigenvalue weighted by atomic mass is 16.7. The molecule has 7 heteroatoms. The molecule has 0 aliphatic rings. The van der Waals surface area contributed by atoms with Gasteiger partial charge in [-0.3, -0.25) is 9.82 Å². The van der Waals surface area contributed by atoms with Gasteiger partial charge in [0.2, 0.25) is 0 Å². The van der Waals surface area contributed by atoms with Gasteiger partial charge in [0.05, 0.1) is 0 Å². The molecule has 0 spiro atoms. The molecule has 0 saturated heterocycles. The van der Waals surface area contributed by atoms with E-state index in [-0.39, 0.29) is 0 Å². The van der Waals surface area contributed by atoms with Gasteiger partial charge in [-0.1, -0.05) is 4.73 Å². The van der Waals surface area contributed by atoms with E-state index < -0.39 is 11.4 Å². The van der Waals surface area contributed by atoms with Gasteiger partial charge < -0.3 is 0 Å². The molecular formula is C4H2N4O3. The zero-order chi connectivity index (χ0) is 8.27. The van der Waals surface area contributed by atoms with Gasteiger partial charge in [-0.25, -0.2) is 9.59 Å². The number of hydrogen-bond acceptors (Lipinski definition) is 5. The first kappa shape index (κ1) is 7.01. The zero-order valence-electron chi connectivity index (χ0n) is 5.14. The Balaban J connectivity index is 3.23. The minimum Gasteiger partial charge on any atom is -0.289 e. The molecule has 0 fully saturated rings. The number of nitriles is 1.